The van der Waals surface area contributed by atoms with E-state index in [0.29, 0.717) is 5.75 Å². The van der Waals surface area contributed by atoms with Crippen molar-refractivity contribution in [3.8, 4) is 5.75 Å². The maximum Gasteiger partial charge on any atom is 0.286 e. The van der Waals surface area contributed by atoms with Gasteiger partial charge in [0.15, 0.2) is 12.6 Å². The summed E-state index contributed by atoms with van der Waals surface area (Å²) in [6.45, 7) is 3.73. The number of hydrogen-bond donors (Lipinski definition) is 2. The van der Waals surface area contributed by atoms with Gasteiger partial charge in [0.05, 0.1) is 0 Å². The van der Waals surface area contributed by atoms with Gasteiger partial charge in [-0.2, -0.15) is 4.99 Å². The zero-order chi connectivity index (χ0) is 12.1. The Bertz CT molecular complexity index is 423. The van der Waals surface area contributed by atoms with E-state index in [-0.39, 0.29) is 12.6 Å². The summed E-state index contributed by atoms with van der Waals surface area (Å²) in [6.07, 6.45) is 0. The van der Waals surface area contributed by atoms with Gasteiger partial charge in [-0.1, -0.05) is 12.1 Å². The topological polar surface area (TPSA) is 90.7 Å². The number of hydrogen-bond acceptors (Lipinski definition) is 2. The molecule has 4 N–H and O–H groups in total. The maximum atomic E-state index is 11.2. The van der Waals surface area contributed by atoms with Crippen LogP contribution in [0.15, 0.2) is 23.2 Å². The summed E-state index contributed by atoms with van der Waals surface area (Å²) in [5.41, 5.74) is 12.2. The van der Waals surface area contributed by atoms with Gasteiger partial charge in [0.25, 0.3) is 5.91 Å². The number of ether oxygens (including phenoxy) is 1. The van der Waals surface area contributed by atoms with Crippen LogP contribution < -0.4 is 16.2 Å². The van der Waals surface area contributed by atoms with Gasteiger partial charge in [-0.05, 0) is 31.0 Å². The summed E-state index contributed by atoms with van der Waals surface area (Å²) in [7, 11) is 0. The molecule has 0 unspecified atom stereocenters. The summed E-state index contributed by atoms with van der Waals surface area (Å²) in [5.74, 6) is -0.0883. The van der Waals surface area contributed by atoms with Crippen molar-refractivity contribution in [2.45, 2.75) is 13.8 Å². The quantitative estimate of drug-likeness (QED) is 0.573. The molecule has 0 spiro atoms. The number of nitrogens with two attached hydrogens (primary N) is 2. The third kappa shape index (κ3) is 3.27. The lowest BCUT2D eigenvalue weighted by Crippen LogP contribution is -2.25. The van der Waals surface area contributed by atoms with Crippen molar-refractivity contribution in [1.29, 1.82) is 0 Å². The summed E-state index contributed by atoms with van der Waals surface area (Å²) in [4.78, 5) is 14.5. The molecule has 0 aliphatic heterocycles. The Morgan fingerprint density at radius 2 is 2.06 bits per heavy atom. The van der Waals surface area contributed by atoms with E-state index >= 15 is 0 Å². The number of rotatable bonds is 3. The fourth-order valence-electron chi connectivity index (χ4n) is 1.20. The summed E-state index contributed by atoms with van der Waals surface area (Å²) in [6, 6.07) is 5.63. The first-order valence-electron chi connectivity index (χ1n) is 4.82. The highest BCUT2D eigenvalue weighted by Crippen LogP contribution is 2.20. The largest absolute Gasteiger partial charge is 0.483 e. The first-order chi connectivity index (χ1) is 7.50. The molecule has 0 saturated heterocycles. The van der Waals surface area contributed by atoms with Crippen LogP contribution in [0.2, 0.25) is 0 Å². The standard InChI is InChI=1S/C11H15N3O2/c1-7-4-3-5-9(8(7)2)16-6-10(15)14-11(12)13/h3-5H,6H2,1-2H3,(H4,12,13,14,15). The first-order valence-corrected chi connectivity index (χ1v) is 4.82. The molecule has 0 fully saturated rings. The predicted molar refractivity (Wildman–Crippen MR) is 62.2 cm³/mol. The number of carbonyl (C=O) groups is 1. The third-order valence-corrected chi connectivity index (χ3v) is 2.16. The summed E-state index contributed by atoms with van der Waals surface area (Å²) < 4.78 is 5.31. The Morgan fingerprint density at radius 1 is 1.38 bits per heavy atom. The smallest absolute Gasteiger partial charge is 0.286 e. The fourth-order valence-corrected chi connectivity index (χ4v) is 1.20. The van der Waals surface area contributed by atoms with Gasteiger partial charge in [0, 0.05) is 0 Å². The van der Waals surface area contributed by atoms with E-state index in [1.165, 1.54) is 0 Å². The third-order valence-electron chi connectivity index (χ3n) is 2.16. The molecule has 16 heavy (non-hydrogen) atoms. The fraction of sp³-hybridized carbons (Fsp3) is 0.273. The molecule has 0 aliphatic rings. The minimum Gasteiger partial charge on any atom is -0.483 e. The minimum absolute atomic E-state index is 0.164. The van der Waals surface area contributed by atoms with Crippen LogP contribution in [0.5, 0.6) is 5.75 Å². The Labute approximate surface area is 94.1 Å². The Kier molecular flexibility index (Phi) is 3.88. The molecule has 0 bridgehead atoms. The molecule has 1 aromatic carbocycles. The highest BCUT2D eigenvalue weighted by atomic mass is 16.5. The van der Waals surface area contributed by atoms with Crippen LogP contribution in [0.3, 0.4) is 0 Å². The van der Waals surface area contributed by atoms with E-state index < -0.39 is 5.91 Å². The molecule has 5 heteroatoms. The Balaban J connectivity index is 2.65. The summed E-state index contributed by atoms with van der Waals surface area (Å²) >= 11 is 0. The van der Waals surface area contributed by atoms with Crippen LogP contribution in [0.25, 0.3) is 0 Å². The van der Waals surface area contributed by atoms with Gasteiger partial charge in [-0.25, -0.2) is 0 Å². The zero-order valence-corrected chi connectivity index (χ0v) is 9.36. The number of aliphatic imine (C=N–C) groups is 1. The average Bonchev–Trinajstić information content (AvgIpc) is 2.19. The SMILES string of the molecule is Cc1cccc(OCC(=O)N=C(N)N)c1C. The van der Waals surface area contributed by atoms with Crippen molar-refractivity contribution in [3.63, 3.8) is 0 Å². The monoisotopic (exact) mass is 221 g/mol. The molecule has 0 radical (unpaired) electrons. The van der Waals surface area contributed by atoms with E-state index in [0.717, 1.165) is 11.1 Å². The van der Waals surface area contributed by atoms with Crippen LogP contribution >= 0.6 is 0 Å². The molecule has 0 atom stereocenters. The van der Waals surface area contributed by atoms with Gasteiger partial charge in [-0.15, -0.1) is 0 Å². The molecule has 1 rings (SSSR count). The Hall–Kier alpha value is -2.04. The van der Waals surface area contributed by atoms with E-state index in [2.05, 4.69) is 4.99 Å². The molecule has 86 valence electrons. The van der Waals surface area contributed by atoms with Gasteiger partial charge in [-0.3, -0.25) is 4.79 Å². The normalized spacial score (nSPS) is 9.62. The molecule has 0 aliphatic carbocycles. The number of benzene rings is 1. The lowest BCUT2D eigenvalue weighted by molar-refractivity contribution is -0.119. The second kappa shape index (κ2) is 5.16. The number of nitrogens with zero attached hydrogens (tertiary/aromatic N) is 1. The van der Waals surface area contributed by atoms with Crippen molar-refractivity contribution < 1.29 is 9.53 Å². The van der Waals surface area contributed by atoms with E-state index in [1.54, 1.807) is 6.07 Å². The van der Waals surface area contributed by atoms with Crippen molar-refractivity contribution in [2.24, 2.45) is 16.5 Å². The second-order valence-electron chi connectivity index (χ2n) is 3.42. The van der Waals surface area contributed by atoms with Crippen LogP contribution in [-0.4, -0.2) is 18.5 Å². The van der Waals surface area contributed by atoms with Crippen molar-refractivity contribution >= 4 is 11.9 Å². The van der Waals surface area contributed by atoms with Crippen LogP contribution in [0, 0.1) is 13.8 Å². The highest BCUT2D eigenvalue weighted by Gasteiger charge is 2.05. The molecule has 0 saturated carbocycles. The molecular formula is C11H15N3O2. The van der Waals surface area contributed by atoms with Crippen molar-refractivity contribution in [3.05, 3.63) is 29.3 Å². The molecule has 0 aromatic heterocycles. The highest BCUT2D eigenvalue weighted by molar-refractivity contribution is 5.92. The predicted octanol–water partition coefficient (Wildman–Crippen LogP) is 0.482. The average molecular weight is 221 g/mol. The number of carbonyl (C=O) groups excluding carboxylic acids is 1. The van der Waals surface area contributed by atoms with Crippen molar-refractivity contribution in [2.75, 3.05) is 6.61 Å². The Morgan fingerprint density at radius 3 is 2.69 bits per heavy atom. The lowest BCUT2D eigenvalue weighted by Gasteiger charge is -2.08. The molecular weight excluding hydrogens is 206 g/mol. The van der Waals surface area contributed by atoms with Gasteiger partial charge in [0.1, 0.15) is 5.75 Å². The molecule has 1 aromatic rings. The summed E-state index contributed by atoms with van der Waals surface area (Å²) in [5, 5.41) is 0. The van der Waals surface area contributed by atoms with Crippen LogP contribution in [0.1, 0.15) is 11.1 Å². The molecule has 0 heterocycles. The zero-order valence-electron chi connectivity index (χ0n) is 9.36. The van der Waals surface area contributed by atoms with Gasteiger partial charge >= 0.3 is 0 Å². The van der Waals surface area contributed by atoms with Crippen LogP contribution in [0.4, 0.5) is 0 Å². The molecule has 5 nitrogen and oxygen atoms in total. The number of aryl methyl sites for hydroxylation is 1. The number of amides is 1. The van der Waals surface area contributed by atoms with Gasteiger partial charge < -0.3 is 16.2 Å². The van der Waals surface area contributed by atoms with E-state index in [1.807, 2.05) is 26.0 Å². The van der Waals surface area contributed by atoms with E-state index in [9.17, 15) is 4.79 Å². The molecule has 1 amide bonds. The van der Waals surface area contributed by atoms with E-state index in [4.69, 9.17) is 16.2 Å². The first kappa shape index (κ1) is 12.0. The maximum absolute atomic E-state index is 11.2. The lowest BCUT2D eigenvalue weighted by atomic mass is 10.1. The number of guanidine groups is 1. The second-order valence-corrected chi connectivity index (χ2v) is 3.42. The minimum atomic E-state index is -0.499. The van der Waals surface area contributed by atoms with Crippen molar-refractivity contribution in [1.82, 2.24) is 0 Å². The van der Waals surface area contributed by atoms with Gasteiger partial charge in [0.2, 0.25) is 0 Å². The van der Waals surface area contributed by atoms with Crippen LogP contribution in [-0.2, 0) is 4.79 Å².